The van der Waals surface area contributed by atoms with Crippen molar-refractivity contribution < 1.29 is 13.9 Å². The highest BCUT2D eigenvalue weighted by Gasteiger charge is 2.24. The molecule has 0 aliphatic heterocycles. The van der Waals surface area contributed by atoms with E-state index < -0.39 is 11.9 Å². The maximum Gasteiger partial charge on any atom is 0.230 e. The quantitative estimate of drug-likeness (QED) is 0.503. The smallest absolute Gasteiger partial charge is 0.230 e. The predicted octanol–water partition coefficient (Wildman–Crippen LogP) is 3.77. The Balaban J connectivity index is 1.70. The van der Waals surface area contributed by atoms with E-state index in [1.807, 2.05) is 4.57 Å². The molecule has 1 N–H and O–H groups in total. The molecule has 1 heterocycles. The summed E-state index contributed by atoms with van der Waals surface area (Å²) in [6.45, 7) is 6.03. The Labute approximate surface area is 166 Å². The third-order valence-corrected chi connectivity index (χ3v) is 5.16. The van der Waals surface area contributed by atoms with Crippen molar-refractivity contribution in [2.24, 2.45) is 0 Å². The van der Waals surface area contributed by atoms with E-state index in [0.29, 0.717) is 29.3 Å². The van der Waals surface area contributed by atoms with Gasteiger partial charge in [-0.1, -0.05) is 29.4 Å². The van der Waals surface area contributed by atoms with Gasteiger partial charge in [0.1, 0.15) is 11.6 Å². The van der Waals surface area contributed by atoms with Crippen molar-refractivity contribution in [1.29, 1.82) is 0 Å². The third kappa shape index (κ3) is 5.23. The van der Waals surface area contributed by atoms with Gasteiger partial charge >= 0.3 is 0 Å². The number of hydrogen-bond acceptors (Lipinski definition) is 5. The second-order valence-electron chi connectivity index (χ2n) is 6.21. The Hall–Kier alpha value is -2.06. The van der Waals surface area contributed by atoms with Gasteiger partial charge in [0.15, 0.2) is 17.1 Å². The first kappa shape index (κ1) is 19.7. The molecule has 1 amide bonds. The number of thioether (sulfide) groups is 1. The molecular weight excluding hydrogens is 391 g/mol. The maximum atomic E-state index is 13.2. The molecule has 1 fully saturated rings. The number of aromatic nitrogens is 3. The zero-order chi connectivity index (χ0) is 19.4. The van der Waals surface area contributed by atoms with Crippen molar-refractivity contribution in [1.82, 2.24) is 20.1 Å². The lowest BCUT2D eigenvalue weighted by molar-refractivity contribution is -0.118. The molecule has 27 heavy (non-hydrogen) atoms. The van der Waals surface area contributed by atoms with E-state index in [-0.39, 0.29) is 16.7 Å². The predicted molar refractivity (Wildman–Crippen MR) is 103 cm³/mol. The molecule has 3 rings (SSSR count). The van der Waals surface area contributed by atoms with E-state index in [4.69, 9.17) is 16.3 Å². The minimum absolute atomic E-state index is 0.0143. The van der Waals surface area contributed by atoms with Crippen molar-refractivity contribution in [3.8, 4) is 5.75 Å². The highest BCUT2D eigenvalue weighted by Crippen LogP contribution is 2.30. The molecule has 0 spiro atoms. The zero-order valence-electron chi connectivity index (χ0n) is 14.8. The molecule has 1 saturated carbocycles. The van der Waals surface area contributed by atoms with Gasteiger partial charge in [-0.05, 0) is 38.0 Å². The summed E-state index contributed by atoms with van der Waals surface area (Å²) in [6, 6.07) is 4.27. The van der Waals surface area contributed by atoms with Crippen LogP contribution < -0.4 is 10.1 Å². The number of rotatable bonds is 9. The lowest BCUT2D eigenvalue weighted by Gasteiger charge is -2.16. The van der Waals surface area contributed by atoms with Crippen molar-refractivity contribution in [2.75, 3.05) is 5.75 Å². The summed E-state index contributed by atoms with van der Waals surface area (Å²) < 4.78 is 20.9. The molecule has 1 unspecified atom stereocenters. The van der Waals surface area contributed by atoms with E-state index >= 15 is 0 Å². The van der Waals surface area contributed by atoms with Crippen LogP contribution in [0.4, 0.5) is 4.39 Å². The molecule has 1 aromatic carbocycles. The fourth-order valence-corrected chi connectivity index (χ4v) is 3.43. The molecule has 6 nitrogen and oxygen atoms in total. The molecule has 0 radical (unpaired) electrons. The first-order valence-corrected chi connectivity index (χ1v) is 9.92. The highest BCUT2D eigenvalue weighted by molar-refractivity contribution is 7.99. The summed E-state index contributed by atoms with van der Waals surface area (Å²) in [4.78, 5) is 11.9. The van der Waals surface area contributed by atoms with Crippen LogP contribution in [0.2, 0.25) is 5.02 Å². The summed E-state index contributed by atoms with van der Waals surface area (Å²) in [7, 11) is 0. The molecule has 0 saturated heterocycles. The summed E-state index contributed by atoms with van der Waals surface area (Å²) >= 11 is 7.34. The van der Waals surface area contributed by atoms with Crippen LogP contribution in [0.25, 0.3) is 0 Å². The Morgan fingerprint density at radius 1 is 1.56 bits per heavy atom. The molecule has 1 aliphatic rings. The van der Waals surface area contributed by atoms with Crippen LogP contribution in [0, 0.1) is 5.82 Å². The minimum atomic E-state index is -0.477. The number of benzene rings is 1. The molecule has 144 valence electrons. The largest absolute Gasteiger partial charge is 0.481 e. The van der Waals surface area contributed by atoms with Gasteiger partial charge in [0.25, 0.3) is 0 Å². The lowest BCUT2D eigenvalue weighted by atomic mass is 10.3. The van der Waals surface area contributed by atoms with Gasteiger partial charge in [0, 0.05) is 12.6 Å². The number of carbonyl (C=O) groups excluding carboxylic acids is 1. The van der Waals surface area contributed by atoms with Gasteiger partial charge in [-0.25, -0.2) is 4.39 Å². The van der Waals surface area contributed by atoms with Crippen molar-refractivity contribution in [2.45, 2.75) is 43.6 Å². The third-order valence-electron chi connectivity index (χ3n) is 3.89. The number of hydrogen-bond donors (Lipinski definition) is 1. The number of nitrogens with one attached hydrogen (secondary N) is 1. The summed E-state index contributed by atoms with van der Waals surface area (Å²) in [5.74, 6) is 0.750. The van der Waals surface area contributed by atoms with E-state index in [1.165, 1.54) is 30.0 Å². The molecule has 0 bridgehead atoms. The van der Waals surface area contributed by atoms with E-state index in [1.54, 1.807) is 13.0 Å². The van der Waals surface area contributed by atoms with Crippen molar-refractivity contribution in [3.63, 3.8) is 0 Å². The van der Waals surface area contributed by atoms with Gasteiger partial charge < -0.3 is 10.1 Å². The lowest BCUT2D eigenvalue weighted by Crippen LogP contribution is -2.27. The van der Waals surface area contributed by atoms with Crippen LogP contribution >= 0.6 is 23.4 Å². The molecule has 2 aromatic rings. The second kappa shape index (κ2) is 8.75. The monoisotopic (exact) mass is 410 g/mol. The van der Waals surface area contributed by atoms with Gasteiger partial charge in [-0.2, -0.15) is 0 Å². The molecule has 1 aliphatic carbocycles. The average molecular weight is 411 g/mol. The fourth-order valence-electron chi connectivity index (χ4n) is 2.45. The van der Waals surface area contributed by atoms with E-state index in [2.05, 4.69) is 22.1 Å². The van der Waals surface area contributed by atoms with Crippen LogP contribution in [-0.4, -0.2) is 32.5 Å². The Kier molecular flexibility index (Phi) is 6.38. The summed E-state index contributed by atoms with van der Waals surface area (Å²) in [6.07, 6.45) is 3.34. The van der Waals surface area contributed by atoms with Crippen LogP contribution in [-0.2, 0) is 11.3 Å². The molecule has 9 heteroatoms. The summed E-state index contributed by atoms with van der Waals surface area (Å²) in [5, 5.41) is 12.1. The van der Waals surface area contributed by atoms with Gasteiger partial charge in [-0.3, -0.25) is 9.36 Å². The topological polar surface area (TPSA) is 69.0 Å². The van der Waals surface area contributed by atoms with E-state index in [9.17, 15) is 9.18 Å². The standard InChI is InChI=1S/C18H20ClFN4O2S/c1-3-8-24-17(11(2)26-15-7-4-12(20)9-14(15)19)22-23-18(24)27-10-16(25)21-13-5-6-13/h3-4,7,9,11,13H,1,5-6,8,10H2,2H3,(H,21,25). The first-order valence-electron chi connectivity index (χ1n) is 8.55. The molecular formula is C18H20ClFN4O2S. The van der Waals surface area contributed by atoms with Crippen LogP contribution in [0.3, 0.4) is 0 Å². The van der Waals surface area contributed by atoms with Crippen LogP contribution in [0.1, 0.15) is 31.7 Å². The van der Waals surface area contributed by atoms with Crippen LogP contribution in [0.5, 0.6) is 5.75 Å². The zero-order valence-corrected chi connectivity index (χ0v) is 16.4. The number of nitrogens with zero attached hydrogens (tertiary/aromatic N) is 3. The Morgan fingerprint density at radius 2 is 2.33 bits per heavy atom. The number of ether oxygens (including phenoxy) is 1. The second-order valence-corrected chi connectivity index (χ2v) is 7.56. The number of amides is 1. The number of carbonyl (C=O) groups is 1. The fraction of sp³-hybridized carbons (Fsp3) is 0.389. The summed E-state index contributed by atoms with van der Waals surface area (Å²) in [5.41, 5.74) is 0. The van der Waals surface area contributed by atoms with Gasteiger partial charge in [0.05, 0.1) is 10.8 Å². The SMILES string of the molecule is C=CCn1c(SCC(=O)NC2CC2)nnc1C(C)Oc1ccc(F)cc1Cl. The van der Waals surface area contributed by atoms with E-state index in [0.717, 1.165) is 12.8 Å². The first-order chi connectivity index (χ1) is 13.0. The van der Waals surface area contributed by atoms with Crippen molar-refractivity contribution in [3.05, 3.63) is 47.5 Å². The van der Waals surface area contributed by atoms with Crippen LogP contribution in [0.15, 0.2) is 36.0 Å². The highest BCUT2D eigenvalue weighted by atomic mass is 35.5. The Bertz CT molecular complexity index is 841. The number of halogens is 2. The molecule has 1 aromatic heterocycles. The normalized spacial score (nSPS) is 14.6. The van der Waals surface area contributed by atoms with Gasteiger partial charge in [-0.15, -0.1) is 16.8 Å². The minimum Gasteiger partial charge on any atom is -0.481 e. The van der Waals surface area contributed by atoms with Crippen molar-refractivity contribution >= 4 is 29.3 Å². The van der Waals surface area contributed by atoms with Gasteiger partial charge in [0.2, 0.25) is 5.91 Å². The number of allylic oxidation sites excluding steroid dienone is 1. The Morgan fingerprint density at radius 3 is 3.00 bits per heavy atom. The molecule has 1 atom stereocenters. The average Bonchev–Trinajstić information content (AvgIpc) is 3.34. The maximum absolute atomic E-state index is 13.2.